The number of nitrogens with zero attached hydrogens (tertiary/aromatic N) is 7. The van der Waals surface area contributed by atoms with Crippen LogP contribution in [0.4, 0.5) is 25.3 Å². The number of anilines is 2. The van der Waals surface area contributed by atoms with Gasteiger partial charge in [-0.25, -0.2) is 13.6 Å². The summed E-state index contributed by atoms with van der Waals surface area (Å²) < 4.78 is 36.2. The first-order chi connectivity index (χ1) is 23.6. The van der Waals surface area contributed by atoms with Gasteiger partial charge in [0.25, 0.3) is 0 Å². The summed E-state index contributed by atoms with van der Waals surface area (Å²) in [6.07, 6.45) is 3.24. The number of carbonyl (C=O) groups is 1. The molecule has 3 aliphatic heterocycles. The van der Waals surface area contributed by atoms with E-state index in [1.165, 1.54) is 12.1 Å². The van der Waals surface area contributed by atoms with Gasteiger partial charge in [-0.05, 0) is 63.4 Å². The van der Waals surface area contributed by atoms with Crippen LogP contribution in [0.5, 0.6) is 6.01 Å². The zero-order valence-corrected chi connectivity index (χ0v) is 28.2. The largest absolute Gasteiger partial charge is 0.461 e. The Morgan fingerprint density at radius 2 is 2.12 bits per heavy atom. The molecule has 7 rings (SSSR count). The fraction of sp³-hybridized carbons (Fsp3) is 0.417. The van der Waals surface area contributed by atoms with Gasteiger partial charge in [0.15, 0.2) is 0 Å². The minimum atomic E-state index is -0.926. The summed E-state index contributed by atoms with van der Waals surface area (Å²) in [5.41, 5.74) is 7.35. The highest BCUT2D eigenvalue weighted by Crippen LogP contribution is 2.48. The monoisotopic (exact) mass is 682 g/mol. The Bertz CT molecular complexity index is 2090. The Labute approximate surface area is 287 Å². The van der Waals surface area contributed by atoms with Crippen LogP contribution in [-0.4, -0.2) is 82.3 Å². The van der Waals surface area contributed by atoms with Gasteiger partial charge < -0.3 is 20.3 Å². The van der Waals surface area contributed by atoms with Gasteiger partial charge in [-0.1, -0.05) is 18.7 Å². The van der Waals surface area contributed by atoms with E-state index in [1.54, 1.807) is 17.0 Å². The standard InChI is InChI=1S/C36H36F2N8O2S/c1-5-28(47)46-15-12-27(20(46)3)45(6-2)34-24-9-8-22(23-10-11-26(38)32-29(23)31(41-4)33(40)49-32)25(17-39)30(24)42-35(43-34)48-19-36-13-7-14-44(36)18-21(37)16-36/h5,8-11,20-21,27H,1,6-7,12-16,18-19,40H2,2-3H3/t20-,21-,27-,36+/m1/s1. The molecular weight excluding hydrogens is 647 g/mol. The number of nitrogen functional groups attached to an aromatic ring is 1. The minimum absolute atomic E-state index is 0.0636. The number of halogens is 2. The molecule has 5 heterocycles. The van der Waals surface area contributed by atoms with E-state index in [0.29, 0.717) is 65.7 Å². The number of carbonyl (C=O) groups excluding carboxylic acids is 1. The second-order valence-corrected chi connectivity index (χ2v) is 14.1. The first-order valence-corrected chi connectivity index (χ1v) is 17.3. The second-order valence-electron chi connectivity index (χ2n) is 13.0. The third-order valence-corrected chi connectivity index (χ3v) is 11.6. The van der Waals surface area contributed by atoms with Crippen molar-refractivity contribution in [1.29, 1.82) is 5.26 Å². The SMILES string of the molecule is [C-]#[N+]c1c(N)sc2c(F)ccc(-c3ccc4c(N(CC)[C@@H]5CCN(C(=O)C=C)[C@@H]5C)nc(OC[C@@]56CCCN5C[C@H](F)C6)nc4c3C#N)c12. The van der Waals surface area contributed by atoms with Crippen molar-refractivity contribution in [3.63, 3.8) is 0 Å². The summed E-state index contributed by atoms with van der Waals surface area (Å²) in [4.78, 5) is 32.1. The van der Waals surface area contributed by atoms with Gasteiger partial charge in [0.1, 0.15) is 30.5 Å². The number of fused-ring (bicyclic) bond motifs is 3. The Hall–Kier alpha value is -4.85. The lowest BCUT2D eigenvalue weighted by Gasteiger charge is -2.34. The molecule has 0 bridgehead atoms. The molecule has 0 saturated carbocycles. The van der Waals surface area contributed by atoms with Gasteiger partial charge in [-0.2, -0.15) is 15.2 Å². The maximum atomic E-state index is 15.0. The number of rotatable bonds is 8. The van der Waals surface area contributed by atoms with Crippen molar-refractivity contribution in [3.8, 4) is 23.2 Å². The fourth-order valence-electron chi connectivity index (χ4n) is 8.25. The van der Waals surface area contributed by atoms with Crippen LogP contribution < -0.4 is 15.4 Å². The number of benzene rings is 2. The number of nitriles is 1. The van der Waals surface area contributed by atoms with Crippen molar-refractivity contribution in [3.05, 3.63) is 59.7 Å². The zero-order valence-electron chi connectivity index (χ0n) is 27.4. The highest BCUT2D eigenvalue weighted by Gasteiger charge is 2.49. The lowest BCUT2D eigenvalue weighted by Crippen LogP contribution is -2.45. The molecule has 3 aliphatic rings. The summed E-state index contributed by atoms with van der Waals surface area (Å²) >= 11 is 1.00. The van der Waals surface area contributed by atoms with Crippen molar-refractivity contribution in [2.45, 2.75) is 63.3 Å². The van der Waals surface area contributed by atoms with Gasteiger partial charge in [0.05, 0.1) is 38.9 Å². The number of amides is 1. The molecule has 2 aromatic heterocycles. The number of likely N-dealkylation sites (tertiary alicyclic amines) is 1. The van der Waals surface area contributed by atoms with Crippen molar-refractivity contribution < 1.29 is 18.3 Å². The van der Waals surface area contributed by atoms with Crippen LogP contribution in [0.2, 0.25) is 0 Å². The molecule has 2 N–H and O–H groups in total. The average Bonchev–Trinajstić information content (AvgIpc) is 3.84. The quantitative estimate of drug-likeness (QED) is 0.163. The molecule has 3 saturated heterocycles. The van der Waals surface area contributed by atoms with Crippen molar-refractivity contribution >= 4 is 54.7 Å². The molecule has 10 nitrogen and oxygen atoms in total. The predicted molar refractivity (Wildman–Crippen MR) is 187 cm³/mol. The first-order valence-electron chi connectivity index (χ1n) is 16.5. The van der Waals surface area contributed by atoms with E-state index in [9.17, 15) is 18.8 Å². The molecule has 0 unspecified atom stereocenters. The highest BCUT2D eigenvalue weighted by molar-refractivity contribution is 7.23. The first kappa shape index (κ1) is 32.7. The van der Waals surface area contributed by atoms with E-state index in [1.807, 2.05) is 19.9 Å². The predicted octanol–water partition coefficient (Wildman–Crippen LogP) is 6.61. The number of likely N-dealkylation sites (N-methyl/N-ethyl adjacent to an activating group) is 1. The van der Waals surface area contributed by atoms with Gasteiger partial charge in [-0.15, -0.1) is 11.3 Å². The maximum Gasteiger partial charge on any atom is 0.319 e. The van der Waals surface area contributed by atoms with Crippen molar-refractivity contribution in [2.75, 3.05) is 43.4 Å². The molecule has 4 atom stereocenters. The van der Waals surface area contributed by atoms with Crippen LogP contribution in [0, 0.1) is 23.7 Å². The highest BCUT2D eigenvalue weighted by atomic mass is 32.1. The van der Waals surface area contributed by atoms with Gasteiger partial charge >= 0.3 is 6.01 Å². The Kier molecular flexibility index (Phi) is 8.37. The van der Waals surface area contributed by atoms with E-state index in [2.05, 4.69) is 27.3 Å². The molecular formula is C36H36F2N8O2S. The lowest BCUT2D eigenvalue weighted by molar-refractivity contribution is -0.126. The summed E-state index contributed by atoms with van der Waals surface area (Å²) in [6, 6.07) is 8.64. The molecule has 0 aliphatic carbocycles. The molecule has 13 heteroatoms. The number of nitrogens with two attached hydrogens (primary N) is 1. The number of alkyl halides is 1. The fourth-order valence-corrected chi connectivity index (χ4v) is 9.19. The van der Waals surface area contributed by atoms with Crippen LogP contribution in [0.15, 0.2) is 36.9 Å². The normalized spacial score (nSPS) is 23.5. The Balaban J connectivity index is 1.40. The van der Waals surface area contributed by atoms with Crippen LogP contribution >= 0.6 is 11.3 Å². The number of hydrogen-bond acceptors (Lipinski definition) is 9. The smallest absolute Gasteiger partial charge is 0.319 e. The number of ether oxygens (including phenoxy) is 1. The van der Waals surface area contributed by atoms with E-state index in [-0.39, 0.29) is 51.6 Å². The summed E-state index contributed by atoms with van der Waals surface area (Å²) in [6.45, 7) is 17.9. The second kappa shape index (κ2) is 12.6. The van der Waals surface area contributed by atoms with E-state index in [0.717, 1.165) is 30.7 Å². The molecule has 4 aromatic rings. The number of thiophene rings is 1. The molecule has 1 amide bonds. The summed E-state index contributed by atoms with van der Waals surface area (Å²) in [5, 5.41) is 11.9. The van der Waals surface area contributed by atoms with Crippen LogP contribution in [0.1, 0.15) is 45.1 Å². The van der Waals surface area contributed by atoms with Crippen LogP contribution in [-0.2, 0) is 4.79 Å². The molecule has 2 aromatic carbocycles. The zero-order chi connectivity index (χ0) is 34.6. The topological polar surface area (TPSA) is 116 Å². The van der Waals surface area contributed by atoms with Crippen LogP contribution in [0.3, 0.4) is 0 Å². The summed E-state index contributed by atoms with van der Waals surface area (Å²) in [5.74, 6) is -0.0849. The third kappa shape index (κ3) is 5.23. The third-order valence-electron chi connectivity index (χ3n) is 10.5. The molecule has 49 heavy (non-hydrogen) atoms. The minimum Gasteiger partial charge on any atom is -0.461 e. The average molecular weight is 683 g/mol. The van der Waals surface area contributed by atoms with Crippen LogP contribution in [0.25, 0.3) is 37.0 Å². The molecule has 3 fully saturated rings. The van der Waals surface area contributed by atoms with Gasteiger partial charge in [0, 0.05) is 48.4 Å². The van der Waals surface area contributed by atoms with E-state index >= 15 is 0 Å². The van der Waals surface area contributed by atoms with Gasteiger partial charge in [-0.3, -0.25) is 9.69 Å². The lowest BCUT2D eigenvalue weighted by atomic mass is 9.94. The Morgan fingerprint density at radius 1 is 1.33 bits per heavy atom. The maximum absolute atomic E-state index is 15.0. The molecule has 0 spiro atoms. The van der Waals surface area contributed by atoms with E-state index < -0.39 is 17.5 Å². The van der Waals surface area contributed by atoms with Gasteiger partial charge in [0.2, 0.25) is 11.6 Å². The summed E-state index contributed by atoms with van der Waals surface area (Å²) in [7, 11) is 0. The number of aromatic nitrogens is 2. The molecule has 252 valence electrons. The number of hydrogen-bond donors (Lipinski definition) is 1. The van der Waals surface area contributed by atoms with Crippen molar-refractivity contribution in [1.82, 2.24) is 19.8 Å². The van der Waals surface area contributed by atoms with Crippen molar-refractivity contribution in [2.24, 2.45) is 0 Å². The van der Waals surface area contributed by atoms with E-state index in [4.69, 9.17) is 27.0 Å². The Morgan fingerprint density at radius 3 is 2.86 bits per heavy atom. The molecule has 0 radical (unpaired) electrons.